The van der Waals surface area contributed by atoms with E-state index in [-0.39, 0.29) is 0 Å². The number of nitrogens with two attached hydrogens (primary N) is 1. The second-order valence-electron chi connectivity index (χ2n) is 4.76. The van der Waals surface area contributed by atoms with Crippen molar-refractivity contribution < 1.29 is 4.74 Å². The highest BCUT2D eigenvalue weighted by atomic mass is 16.5. The second-order valence-corrected chi connectivity index (χ2v) is 4.76. The average Bonchev–Trinajstić information content (AvgIpc) is 2.40. The lowest BCUT2D eigenvalue weighted by Gasteiger charge is -2.33. The molecule has 1 heterocycles. The molecule has 1 aliphatic rings. The lowest BCUT2D eigenvalue weighted by Crippen LogP contribution is -2.34. The van der Waals surface area contributed by atoms with Gasteiger partial charge in [0.05, 0.1) is 0 Å². The third kappa shape index (κ3) is 3.20. The van der Waals surface area contributed by atoms with Crippen LogP contribution in [0.2, 0.25) is 0 Å². The van der Waals surface area contributed by atoms with Crippen LogP contribution in [0.4, 0.5) is 5.69 Å². The summed E-state index contributed by atoms with van der Waals surface area (Å²) in [6, 6.07) is 8.60. The smallest absolute Gasteiger partial charge is 0.0491 e. The molecule has 0 spiro atoms. The van der Waals surface area contributed by atoms with Crippen molar-refractivity contribution in [2.24, 2.45) is 11.7 Å². The number of nitrogens with zero attached hydrogens (tertiary/aromatic N) is 1. The van der Waals surface area contributed by atoms with E-state index in [2.05, 4.69) is 29.2 Å². The number of methoxy groups -OCH3 is 1. The first-order valence-corrected chi connectivity index (χ1v) is 6.36. The molecule has 0 aliphatic carbocycles. The highest BCUT2D eigenvalue weighted by Crippen LogP contribution is 2.23. The highest BCUT2D eigenvalue weighted by Gasteiger charge is 2.18. The third-order valence-corrected chi connectivity index (χ3v) is 3.55. The minimum absolute atomic E-state index is 0.621. The van der Waals surface area contributed by atoms with Crippen LogP contribution in [0.25, 0.3) is 0 Å². The molecular weight excluding hydrogens is 212 g/mol. The highest BCUT2D eigenvalue weighted by molar-refractivity contribution is 5.47. The van der Waals surface area contributed by atoms with Crippen molar-refractivity contribution in [2.75, 3.05) is 31.7 Å². The molecule has 94 valence electrons. The van der Waals surface area contributed by atoms with Gasteiger partial charge in [0.15, 0.2) is 0 Å². The van der Waals surface area contributed by atoms with Gasteiger partial charge in [-0.15, -0.1) is 0 Å². The van der Waals surface area contributed by atoms with Crippen molar-refractivity contribution in [3.8, 4) is 0 Å². The summed E-state index contributed by atoms with van der Waals surface area (Å²) in [4.78, 5) is 2.45. The molecule has 0 amide bonds. The maximum atomic E-state index is 5.60. The molecule has 0 atom stereocenters. The number of piperidine rings is 1. The van der Waals surface area contributed by atoms with Crippen molar-refractivity contribution in [3.05, 3.63) is 29.8 Å². The van der Waals surface area contributed by atoms with E-state index >= 15 is 0 Å². The van der Waals surface area contributed by atoms with Gasteiger partial charge in [0.1, 0.15) is 0 Å². The van der Waals surface area contributed by atoms with Gasteiger partial charge in [0, 0.05) is 39.0 Å². The summed E-state index contributed by atoms with van der Waals surface area (Å²) in [5.41, 5.74) is 8.12. The average molecular weight is 234 g/mol. The molecular formula is C14H22N2O. The number of anilines is 1. The Labute approximate surface area is 104 Å². The van der Waals surface area contributed by atoms with Crippen LogP contribution in [0.5, 0.6) is 0 Å². The topological polar surface area (TPSA) is 38.5 Å². The van der Waals surface area contributed by atoms with Crippen LogP contribution in [0, 0.1) is 5.92 Å². The fourth-order valence-electron chi connectivity index (χ4n) is 2.44. The predicted octanol–water partition coefficient (Wildman–Crippen LogP) is 2.01. The molecule has 17 heavy (non-hydrogen) atoms. The summed E-state index contributed by atoms with van der Waals surface area (Å²) in [6.45, 7) is 3.79. The molecule has 1 saturated heterocycles. The molecule has 1 aliphatic heterocycles. The van der Waals surface area contributed by atoms with E-state index in [4.69, 9.17) is 10.5 Å². The number of ether oxygens (including phenoxy) is 1. The molecule has 1 fully saturated rings. The Bertz CT molecular complexity index is 329. The second kappa shape index (κ2) is 6.03. The maximum Gasteiger partial charge on any atom is 0.0491 e. The van der Waals surface area contributed by atoms with Gasteiger partial charge < -0.3 is 15.4 Å². The largest absolute Gasteiger partial charge is 0.384 e. The predicted molar refractivity (Wildman–Crippen MR) is 71.1 cm³/mol. The lowest BCUT2D eigenvalue weighted by atomic mass is 9.97. The summed E-state index contributed by atoms with van der Waals surface area (Å²) in [6.07, 6.45) is 2.46. The van der Waals surface area contributed by atoms with Gasteiger partial charge in [-0.25, -0.2) is 0 Å². The first-order valence-electron chi connectivity index (χ1n) is 6.36. The molecule has 0 radical (unpaired) electrons. The van der Waals surface area contributed by atoms with Gasteiger partial charge in [0.2, 0.25) is 0 Å². The van der Waals surface area contributed by atoms with Crippen molar-refractivity contribution in [1.82, 2.24) is 0 Å². The fraction of sp³-hybridized carbons (Fsp3) is 0.571. The Morgan fingerprint density at radius 1 is 1.24 bits per heavy atom. The Hall–Kier alpha value is -1.06. The molecule has 1 aromatic carbocycles. The summed E-state index contributed by atoms with van der Waals surface area (Å²) in [7, 11) is 1.79. The Kier molecular flexibility index (Phi) is 4.40. The Morgan fingerprint density at radius 2 is 1.88 bits per heavy atom. The maximum absolute atomic E-state index is 5.60. The summed E-state index contributed by atoms with van der Waals surface area (Å²) >= 11 is 0. The molecule has 2 rings (SSSR count). The van der Waals surface area contributed by atoms with Crippen molar-refractivity contribution in [1.29, 1.82) is 0 Å². The SMILES string of the molecule is COCC1CCN(c2ccc(CN)cc2)CC1. The van der Waals surface area contributed by atoms with E-state index in [1.165, 1.54) is 24.1 Å². The third-order valence-electron chi connectivity index (χ3n) is 3.55. The summed E-state index contributed by atoms with van der Waals surface area (Å²) in [5.74, 6) is 0.736. The van der Waals surface area contributed by atoms with E-state index in [1.807, 2.05) is 0 Å². The first-order chi connectivity index (χ1) is 8.33. The van der Waals surface area contributed by atoms with E-state index in [9.17, 15) is 0 Å². The summed E-state index contributed by atoms with van der Waals surface area (Å²) in [5, 5.41) is 0. The van der Waals surface area contributed by atoms with Gasteiger partial charge in [-0.3, -0.25) is 0 Å². The van der Waals surface area contributed by atoms with Crippen molar-refractivity contribution in [2.45, 2.75) is 19.4 Å². The van der Waals surface area contributed by atoms with Crippen LogP contribution >= 0.6 is 0 Å². The molecule has 2 N–H and O–H groups in total. The molecule has 0 aromatic heterocycles. The summed E-state index contributed by atoms with van der Waals surface area (Å²) < 4.78 is 5.22. The van der Waals surface area contributed by atoms with E-state index in [0.29, 0.717) is 6.54 Å². The number of hydrogen-bond donors (Lipinski definition) is 1. The zero-order valence-electron chi connectivity index (χ0n) is 10.6. The quantitative estimate of drug-likeness (QED) is 0.866. The number of rotatable bonds is 4. The fourth-order valence-corrected chi connectivity index (χ4v) is 2.44. The van der Waals surface area contributed by atoms with E-state index < -0.39 is 0 Å². The molecule has 1 aromatic rings. The first kappa shape index (κ1) is 12.4. The monoisotopic (exact) mass is 234 g/mol. The molecule has 0 bridgehead atoms. The van der Waals surface area contributed by atoms with Gasteiger partial charge in [-0.1, -0.05) is 12.1 Å². The zero-order chi connectivity index (χ0) is 12.1. The minimum atomic E-state index is 0.621. The van der Waals surface area contributed by atoms with Gasteiger partial charge >= 0.3 is 0 Å². The van der Waals surface area contributed by atoms with Crippen LogP contribution in [-0.2, 0) is 11.3 Å². The van der Waals surface area contributed by atoms with Gasteiger partial charge in [-0.2, -0.15) is 0 Å². The van der Waals surface area contributed by atoms with Crippen LogP contribution in [-0.4, -0.2) is 26.8 Å². The van der Waals surface area contributed by atoms with Crippen LogP contribution in [0.15, 0.2) is 24.3 Å². The number of hydrogen-bond acceptors (Lipinski definition) is 3. The van der Waals surface area contributed by atoms with Gasteiger partial charge in [-0.05, 0) is 36.5 Å². The normalized spacial score (nSPS) is 17.4. The van der Waals surface area contributed by atoms with Crippen LogP contribution in [0.1, 0.15) is 18.4 Å². The number of benzene rings is 1. The molecule has 3 heteroatoms. The van der Waals surface area contributed by atoms with E-state index in [1.54, 1.807) is 7.11 Å². The van der Waals surface area contributed by atoms with Crippen LogP contribution in [0.3, 0.4) is 0 Å². The molecule has 0 saturated carbocycles. The van der Waals surface area contributed by atoms with E-state index in [0.717, 1.165) is 25.6 Å². The van der Waals surface area contributed by atoms with Crippen molar-refractivity contribution in [3.63, 3.8) is 0 Å². The zero-order valence-corrected chi connectivity index (χ0v) is 10.6. The molecule has 0 unspecified atom stereocenters. The van der Waals surface area contributed by atoms with Crippen molar-refractivity contribution >= 4 is 5.69 Å². The molecule has 3 nitrogen and oxygen atoms in total. The lowest BCUT2D eigenvalue weighted by molar-refractivity contribution is 0.139. The Balaban J connectivity index is 1.91. The standard InChI is InChI=1S/C14H22N2O/c1-17-11-13-6-8-16(9-7-13)14-4-2-12(10-15)3-5-14/h2-5,13H,6-11,15H2,1H3. The van der Waals surface area contributed by atoms with Crippen LogP contribution < -0.4 is 10.6 Å². The Morgan fingerprint density at radius 3 is 2.41 bits per heavy atom. The minimum Gasteiger partial charge on any atom is -0.384 e. The van der Waals surface area contributed by atoms with Gasteiger partial charge in [0.25, 0.3) is 0 Å².